The number of nitrogens with two attached hydrogens (primary N) is 1. The van der Waals surface area contributed by atoms with E-state index in [1.165, 1.54) is 0 Å². The first-order valence-corrected chi connectivity index (χ1v) is 3.71. The number of aromatic amines is 1. The minimum absolute atomic E-state index is 0. The Labute approximate surface area is 75.4 Å². The fourth-order valence-corrected chi connectivity index (χ4v) is 1.28. The fraction of sp³-hybridized carbons (Fsp3) is 0. The van der Waals surface area contributed by atoms with Crippen molar-refractivity contribution < 1.29 is 5.48 Å². The van der Waals surface area contributed by atoms with Gasteiger partial charge in [-0.1, -0.05) is 18.2 Å². The molecule has 4 heteroatoms. The van der Waals surface area contributed by atoms with Crippen LogP contribution in [0.5, 0.6) is 0 Å². The van der Waals surface area contributed by atoms with Gasteiger partial charge in [0.2, 0.25) is 0 Å². The molecule has 0 aliphatic heterocycles. The Morgan fingerprint density at radius 2 is 2.08 bits per heavy atom. The van der Waals surface area contributed by atoms with Crippen molar-refractivity contribution in [3.05, 3.63) is 36.0 Å². The number of benzene rings is 1. The zero-order chi connectivity index (χ0) is 8.39. The molecule has 0 radical (unpaired) electrons. The molecule has 1 heterocycles. The quantitative estimate of drug-likeness (QED) is 0.373. The number of hydrazone groups is 1. The average molecular weight is 177 g/mol. The first kappa shape index (κ1) is 9.28. The van der Waals surface area contributed by atoms with Crippen molar-refractivity contribution in [2.24, 2.45) is 10.9 Å². The molecular weight excluding hydrogens is 166 g/mol. The number of para-hydroxylation sites is 1. The van der Waals surface area contributed by atoms with Gasteiger partial charge in [0.15, 0.2) is 0 Å². The molecule has 0 fully saturated rings. The Balaban J connectivity index is 0.000000845. The van der Waals surface area contributed by atoms with Crippen LogP contribution in [0.2, 0.25) is 0 Å². The van der Waals surface area contributed by atoms with Gasteiger partial charge in [0, 0.05) is 22.7 Å². The lowest BCUT2D eigenvalue weighted by molar-refractivity contribution is 0.824. The van der Waals surface area contributed by atoms with Crippen LogP contribution in [0.1, 0.15) is 5.56 Å². The Morgan fingerprint density at radius 3 is 2.85 bits per heavy atom. The number of nitrogens with zero attached hydrogens (tertiary/aromatic N) is 1. The summed E-state index contributed by atoms with van der Waals surface area (Å²) < 4.78 is 0. The minimum atomic E-state index is 0. The zero-order valence-electron chi connectivity index (χ0n) is 6.99. The second-order valence-electron chi connectivity index (χ2n) is 2.57. The van der Waals surface area contributed by atoms with Gasteiger partial charge in [-0.3, -0.25) is 0 Å². The maximum atomic E-state index is 5.07. The van der Waals surface area contributed by atoms with Crippen molar-refractivity contribution in [2.45, 2.75) is 0 Å². The van der Waals surface area contributed by atoms with Crippen molar-refractivity contribution >= 4 is 17.1 Å². The summed E-state index contributed by atoms with van der Waals surface area (Å²) in [6.07, 6.45) is 3.53. The Kier molecular flexibility index (Phi) is 2.66. The molecule has 2 rings (SSSR count). The van der Waals surface area contributed by atoms with E-state index in [9.17, 15) is 0 Å². The standard InChI is InChI=1S/C9H9N3.H2O/c10-12-6-7-5-11-9-4-2-1-3-8(7)9;/h1-6,11H,10H2;1H2/b12-6-;. The molecule has 2 aromatic rings. The first-order chi connectivity index (χ1) is 5.92. The molecule has 0 bridgehead atoms. The summed E-state index contributed by atoms with van der Waals surface area (Å²) in [7, 11) is 0. The molecule has 1 aromatic carbocycles. The highest BCUT2D eigenvalue weighted by molar-refractivity contribution is 5.98. The molecule has 0 saturated carbocycles. The number of hydrogen-bond donors (Lipinski definition) is 2. The lowest BCUT2D eigenvalue weighted by Crippen LogP contribution is -1.83. The van der Waals surface area contributed by atoms with Crippen molar-refractivity contribution in [3.8, 4) is 0 Å². The molecule has 0 atom stereocenters. The van der Waals surface area contributed by atoms with Crippen LogP contribution in [-0.2, 0) is 0 Å². The van der Waals surface area contributed by atoms with E-state index in [1.807, 2.05) is 30.5 Å². The van der Waals surface area contributed by atoms with Gasteiger partial charge in [0.05, 0.1) is 6.21 Å². The SMILES string of the molecule is N/N=C\c1c[nH]c2ccccc12.O. The highest BCUT2D eigenvalue weighted by Gasteiger charge is 1.98. The third-order valence-corrected chi connectivity index (χ3v) is 1.83. The summed E-state index contributed by atoms with van der Waals surface area (Å²) in [5.41, 5.74) is 2.13. The molecular formula is C9H11N3O. The lowest BCUT2D eigenvalue weighted by atomic mass is 10.2. The van der Waals surface area contributed by atoms with Crippen LogP contribution in [0, 0.1) is 0 Å². The van der Waals surface area contributed by atoms with Gasteiger partial charge >= 0.3 is 0 Å². The fourth-order valence-electron chi connectivity index (χ4n) is 1.28. The Hall–Kier alpha value is -1.81. The van der Waals surface area contributed by atoms with E-state index < -0.39 is 0 Å². The van der Waals surface area contributed by atoms with E-state index in [-0.39, 0.29) is 5.48 Å². The number of nitrogens with one attached hydrogen (secondary N) is 1. The van der Waals surface area contributed by atoms with Crippen molar-refractivity contribution in [1.82, 2.24) is 4.98 Å². The van der Waals surface area contributed by atoms with E-state index in [2.05, 4.69) is 10.1 Å². The van der Waals surface area contributed by atoms with Gasteiger partial charge in [-0.05, 0) is 6.07 Å². The molecule has 5 N–H and O–H groups in total. The molecule has 0 spiro atoms. The molecule has 1 aromatic heterocycles. The highest BCUT2D eigenvalue weighted by atomic mass is 16.0. The second kappa shape index (κ2) is 3.73. The van der Waals surface area contributed by atoms with Gasteiger partial charge < -0.3 is 16.3 Å². The predicted molar refractivity (Wildman–Crippen MR) is 53.7 cm³/mol. The van der Waals surface area contributed by atoms with Crippen LogP contribution < -0.4 is 5.84 Å². The van der Waals surface area contributed by atoms with E-state index in [0.717, 1.165) is 16.5 Å². The van der Waals surface area contributed by atoms with Crippen molar-refractivity contribution in [2.75, 3.05) is 0 Å². The maximum absolute atomic E-state index is 5.07. The second-order valence-corrected chi connectivity index (χ2v) is 2.57. The minimum Gasteiger partial charge on any atom is -0.412 e. The summed E-state index contributed by atoms with van der Waals surface area (Å²) in [4.78, 5) is 3.13. The molecule has 68 valence electrons. The predicted octanol–water partition coefficient (Wildman–Crippen LogP) is 0.636. The number of fused-ring (bicyclic) bond motifs is 1. The molecule has 0 saturated heterocycles. The molecule has 0 aliphatic carbocycles. The third kappa shape index (κ3) is 1.52. The maximum Gasteiger partial charge on any atom is 0.0559 e. The molecule has 13 heavy (non-hydrogen) atoms. The van der Waals surface area contributed by atoms with Gasteiger partial charge in [0.25, 0.3) is 0 Å². The third-order valence-electron chi connectivity index (χ3n) is 1.83. The zero-order valence-corrected chi connectivity index (χ0v) is 6.99. The van der Waals surface area contributed by atoms with Crippen LogP contribution in [-0.4, -0.2) is 16.7 Å². The van der Waals surface area contributed by atoms with E-state index in [0.29, 0.717) is 0 Å². The topological polar surface area (TPSA) is 85.7 Å². The van der Waals surface area contributed by atoms with Gasteiger partial charge in [-0.25, -0.2) is 0 Å². The van der Waals surface area contributed by atoms with Crippen LogP contribution in [0.15, 0.2) is 35.6 Å². The Morgan fingerprint density at radius 1 is 1.31 bits per heavy atom. The van der Waals surface area contributed by atoms with E-state index >= 15 is 0 Å². The Bertz CT molecular complexity index is 419. The molecule has 0 amide bonds. The lowest BCUT2D eigenvalue weighted by Gasteiger charge is -1.88. The van der Waals surface area contributed by atoms with Crippen LogP contribution in [0.3, 0.4) is 0 Å². The van der Waals surface area contributed by atoms with E-state index in [4.69, 9.17) is 5.84 Å². The molecule has 0 unspecified atom stereocenters. The van der Waals surface area contributed by atoms with Crippen LogP contribution in [0.25, 0.3) is 10.9 Å². The summed E-state index contributed by atoms with van der Waals surface area (Å²) in [5, 5.41) is 4.63. The number of aromatic nitrogens is 1. The van der Waals surface area contributed by atoms with Gasteiger partial charge in [-0.15, -0.1) is 0 Å². The van der Waals surface area contributed by atoms with Crippen LogP contribution >= 0.6 is 0 Å². The smallest absolute Gasteiger partial charge is 0.0559 e. The number of rotatable bonds is 1. The number of H-pyrrole nitrogens is 1. The normalized spacial score (nSPS) is 10.5. The van der Waals surface area contributed by atoms with Crippen LogP contribution in [0.4, 0.5) is 0 Å². The summed E-state index contributed by atoms with van der Waals surface area (Å²) >= 11 is 0. The summed E-state index contributed by atoms with van der Waals surface area (Å²) in [5.74, 6) is 5.07. The van der Waals surface area contributed by atoms with Crippen molar-refractivity contribution in [1.29, 1.82) is 0 Å². The summed E-state index contributed by atoms with van der Waals surface area (Å²) in [6.45, 7) is 0. The molecule has 4 nitrogen and oxygen atoms in total. The van der Waals surface area contributed by atoms with E-state index in [1.54, 1.807) is 6.21 Å². The van der Waals surface area contributed by atoms with Crippen molar-refractivity contribution in [3.63, 3.8) is 0 Å². The van der Waals surface area contributed by atoms with Gasteiger partial charge in [-0.2, -0.15) is 5.10 Å². The average Bonchev–Trinajstić information content (AvgIpc) is 2.50. The first-order valence-electron chi connectivity index (χ1n) is 3.71. The molecule has 0 aliphatic rings. The number of hydrogen-bond acceptors (Lipinski definition) is 2. The summed E-state index contributed by atoms with van der Waals surface area (Å²) in [6, 6.07) is 8.03. The highest BCUT2D eigenvalue weighted by Crippen LogP contribution is 2.15. The monoisotopic (exact) mass is 177 g/mol. The van der Waals surface area contributed by atoms with Gasteiger partial charge in [0.1, 0.15) is 0 Å². The largest absolute Gasteiger partial charge is 0.412 e.